The van der Waals surface area contributed by atoms with E-state index in [0.717, 1.165) is 54.7 Å². The van der Waals surface area contributed by atoms with Gasteiger partial charge in [-0.25, -0.2) is 4.79 Å². The van der Waals surface area contributed by atoms with Crippen LogP contribution in [0.5, 0.6) is 0 Å². The second-order valence-electron chi connectivity index (χ2n) is 11.7. The van der Waals surface area contributed by atoms with Crippen LogP contribution in [0.25, 0.3) is 0 Å². The van der Waals surface area contributed by atoms with Gasteiger partial charge in [-0.3, -0.25) is 19.4 Å². The molecule has 5 rings (SSSR count). The van der Waals surface area contributed by atoms with Crippen molar-refractivity contribution in [3.8, 4) is 0 Å². The number of hydrogen-bond acceptors (Lipinski definition) is 4. The molecule has 4 aromatic carbocycles. The summed E-state index contributed by atoms with van der Waals surface area (Å²) >= 11 is 0. The minimum atomic E-state index is -0.968. The molecule has 4 aromatic rings. The zero-order valence-electron chi connectivity index (χ0n) is 25.6. The monoisotopic (exact) mass is 603 g/mol. The molecule has 0 atom stereocenters. The Labute approximate surface area is 265 Å². The summed E-state index contributed by atoms with van der Waals surface area (Å²) in [6.45, 7) is 3.34. The Morgan fingerprint density at radius 2 is 1.22 bits per heavy atom. The summed E-state index contributed by atoms with van der Waals surface area (Å²) in [7, 11) is 0. The highest BCUT2D eigenvalue weighted by atomic mass is 16.4. The first-order valence-electron chi connectivity index (χ1n) is 15.7. The molecule has 7 heteroatoms. The lowest BCUT2D eigenvalue weighted by molar-refractivity contribution is -0.144. The van der Waals surface area contributed by atoms with E-state index in [1.807, 2.05) is 109 Å². The van der Waals surface area contributed by atoms with Crippen molar-refractivity contribution in [1.82, 2.24) is 9.80 Å². The van der Waals surface area contributed by atoms with Crippen LogP contribution in [-0.2, 0) is 29.0 Å². The molecule has 0 aromatic heterocycles. The Bertz CT molecular complexity index is 1480. The van der Waals surface area contributed by atoms with Crippen molar-refractivity contribution >= 4 is 23.6 Å². The van der Waals surface area contributed by atoms with Crippen molar-refractivity contribution < 1.29 is 19.5 Å². The van der Waals surface area contributed by atoms with Crippen LogP contribution >= 0.6 is 0 Å². The molecule has 0 radical (unpaired) electrons. The molecule has 0 spiro atoms. The fraction of sp³-hybridized carbons (Fsp3) is 0.289. The van der Waals surface area contributed by atoms with Gasteiger partial charge in [0.05, 0.1) is 19.4 Å². The van der Waals surface area contributed by atoms with Crippen LogP contribution in [-0.4, -0.2) is 59.0 Å². The van der Waals surface area contributed by atoms with E-state index < -0.39 is 6.09 Å². The maximum atomic E-state index is 13.3. The zero-order valence-corrected chi connectivity index (χ0v) is 25.6. The van der Waals surface area contributed by atoms with Crippen molar-refractivity contribution in [2.45, 2.75) is 44.6 Å². The number of rotatable bonds is 12. The number of hydrogen-bond donors (Lipinski definition) is 1. The van der Waals surface area contributed by atoms with E-state index in [1.54, 1.807) is 0 Å². The third kappa shape index (κ3) is 9.13. The van der Waals surface area contributed by atoms with Gasteiger partial charge in [-0.05, 0) is 79.2 Å². The lowest BCUT2D eigenvalue weighted by Gasteiger charge is -2.33. The standard InChI is InChI=1S/C38H41N3O4/c42-36(26-30-12-4-1-5-13-30)40(37(43)27-31-14-6-2-7-15-31)23-11-22-39-24-20-33(21-25-39)34-18-10-19-35(28-34)41(38(44)45)29-32-16-8-3-9-17-32/h1-10,12-19,28,33H,11,20-27,29H2,(H,44,45). The zero-order chi connectivity index (χ0) is 31.4. The predicted octanol–water partition coefficient (Wildman–Crippen LogP) is 6.78. The Balaban J connectivity index is 1.15. The molecule has 1 heterocycles. The number of carbonyl (C=O) groups excluding carboxylic acids is 2. The Morgan fingerprint density at radius 1 is 0.689 bits per heavy atom. The average molecular weight is 604 g/mol. The lowest BCUT2D eigenvalue weighted by Crippen LogP contribution is -2.41. The van der Waals surface area contributed by atoms with Gasteiger partial charge in [-0.1, -0.05) is 103 Å². The number of likely N-dealkylation sites (tertiary alicyclic amines) is 1. The van der Waals surface area contributed by atoms with Crippen molar-refractivity contribution in [3.05, 3.63) is 138 Å². The molecular formula is C38H41N3O4. The minimum absolute atomic E-state index is 0.164. The van der Waals surface area contributed by atoms with Crippen molar-refractivity contribution in [2.24, 2.45) is 0 Å². The number of piperidine rings is 1. The van der Waals surface area contributed by atoms with E-state index >= 15 is 0 Å². The van der Waals surface area contributed by atoms with Crippen molar-refractivity contribution in [3.63, 3.8) is 0 Å². The molecule has 1 aliphatic heterocycles. The minimum Gasteiger partial charge on any atom is -0.465 e. The molecule has 232 valence electrons. The van der Waals surface area contributed by atoms with Crippen LogP contribution in [0, 0.1) is 0 Å². The maximum Gasteiger partial charge on any atom is 0.412 e. The molecule has 1 fully saturated rings. The van der Waals surface area contributed by atoms with E-state index in [-0.39, 0.29) is 24.7 Å². The van der Waals surface area contributed by atoms with Crippen LogP contribution in [0.4, 0.5) is 10.5 Å². The van der Waals surface area contributed by atoms with E-state index in [4.69, 9.17) is 0 Å². The molecule has 0 saturated carbocycles. The molecule has 0 bridgehead atoms. The molecule has 1 saturated heterocycles. The number of carbonyl (C=O) groups is 3. The first-order chi connectivity index (χ1) is 22.0. The summed E-state index contributed by atoms with van der Waals surface area (Å²) in [6, 6.07) is 36.7. The average Bonchev–Trinajstić information content (AvgIpc) is 3.07. The van der Waals surface area contributed by atoms with E-state index in [2.05, 4.69) is 11.0 Å². The number of amides is 3. The Hall–Kier alpha value is -4.75. The first-order valence-corrected chi connectivity index (χ1v) is 15.7. The van der Waals surface area contributed by atoms with E-state index in [0.29, 0.717) is 31.1 Å². The lowest BCUT2D eigenvalue weighted by atomic mass is 9.89. The number of imide groups is 1. The second-order valence-corrected chi connectivity index (χ2v) is 11.7. The van der Waals surface area contributed by atoms with Crippen LogP contribution in [0.2, 0.25) is 0 Å². The number of nitrogens with zero attached hydrogens (tertiary/aromatic N) is 3. The number of carboxylic acid groups (broad SMARTS) is 1. The molecule has 3 amide bonds. The van der Waals surface area contributed by atoms with Gasteiger partial charge in [0, 0.05) is 12.2 Å². The summed E-state index contributed by atoms with van der Waals surface area (Å²) in [6.07, 6.45) is 2.10. The van der Waals surface area contributed by atoms with Crippen LogP contribution in [0.15, 0.2) is 115 Å². The highest BCUT2D eigenvalue weighted by Gasteiger charge is 2.25. The third-order valence-electron chi connectivity index (χ3n) is 8.51. The van der Waals surface area contributed by atoms with E-state index in [9.17, 15) is 19.5 Å². The van der Waals surface area contributed by atoms with Gasteiger partial charge >= 0.3 is 6.09 Å². The third-order valence-corrected chi connectivity index (χ3v) is 8.51. The maximum absolute atomic E-state index is 13.3. The summed E-state index contributed by atoms with van der Waals surface area (Å²) in [5.74, 6) is 0.0248. The van der Waals surface area contributed by atoms with Crippen molar-refractivity contribution in [1.29, 1.82) is 0 Å². The van der Waals surface area contributed by atoms with Gasteiger partial charge in [-0.15, -0.1) is 0 Å². The summed E-state index contributed by atoms with van der Waals surface area (Å²) < 4.78 is 0. The fourth-order valence-electron chi connectivity index (χ4n) is 6.04. The highest BCUT2D eigenvalue weighted by molar-refractivity contribution is 5.97. The molecule has 7 nitrogen and oxygen atoms in total. The molecule has 0 aliphatic carbocycles. The van der Waals surface area contributed by atoms with Gasteiger partial charge in [0.25, 0.3) is 0 Å². The molecule has 0 unspecified atom stereocenters. The van der Waals surface area contributed by atoms with E-state index in [1.165, 1.54) is 9.80 Å². The quantitative estimate of drug-likeness (QED) is 0.193. The smallest absolute Gasteiger partial charge is 0.412 e. The van der Waals surface area contributed by atoms with Crippen LogP contribution in [0.3, 0.4) is 0 Å². The summed E-state index contributed by atoms with van der Waals surface area (Å²) in [5, 5.41) is 9.94. The molecule has 45 heavy (non-hydrogen) atoms. The van der Waals surface area contributed by atoms with Gasteiger partial charge in [0.2, 0.25) is 11.8 Å². The Kier molecular flexibility index (Phi) is 11.1. The van der Waals surface area contributed by atoms with Crippen molar-refractivity contribution in [2.75, 3.05) is 31.1 Å². The SMILES string of the molecule is O=C(Cc1ccccc1)N(CCCN1CCC(c2cccc(N(Cc3ccccc3)C(=O)O)c2)CC1)C(=O)Cc1ccccc1. The topological polar surface area (TPSA) is 81.2 Å². The molecule has 1 aliphatic rings. The first kappa shape index (κ1) is 31.7. The summed E-state index contributed by atoms with van der Waals surface area (Å²) in [4.78, 5) is 44.0. The molecular weight excluding hydrogens is 562 g/mol. The van der Waals surface area contributed by atoms with Gasteiger partial charge in [0.1, 0.15) is 0 Å². The summed E-state index contributed by atoms with van der Waals surface area (Å²) in [5.41, 5.74) is 4.60. The van der Waals surface area contributed by atoms with Crippen LogP contribution in [0.1, 0.15) is 47.4 Å². The molecule has 1 N–H and O–H groups in total. The van der Waals surface area contributed by atoms with Gasteiger partial charge < -0.3 is 10.0 Å². The predicted molar refractivity (Wildman–Crippen MR) is 177 cm³/mol. The van der Waals surface area contributed by atoms with Crippen LogP contribution < -0.4 is 4.90 Å². The number of anilines is 1. The largest absolute Gasteiger partial charge is 0.465 e. The fourth-order valence-corrected chi connectivity index (χ4v) is 6.04. The normalized spacial score (nSPS) is 13.7. The highest BCUT2D eigenvalue weighted by Crippen LogP contribution is 2.31. The Morgan fingerprint density at radius 3 is 1.76 bits per heavy atom. The van der Waals surface area contributed by atoms with Gasteiger partial charge in [0.15, 0.2) is 0 Å². The number of benzene rings is 4. The van der Waals surface area contributed by atoms with Gasteiger partial charge in [-0.2, -0.15) is 0 Å². The second kappa shape index (κ2) is 15.8.